The van der Waals surface area contributed by atoms with Gasteiger partial charge < -0.3 is 5.11 Å². The molecule has 0 spiro atoms. The van der Waals surface area contributed by atoms with E-state index in [0.29, 0.717) is 12.1 Å². The number of amides is 1. The van der Waals surface area contributed by atoms with Crippen molar-refractivity contribution in [1.29, 1.82) is 0 Å². The van der Waals surface area contributed by atoms with E-state index in [0.717, 1.165) is 16.3 Å². The van der Waals surface area contributed by atoms with Crippen molar-refractivity contribution in [3.8, 4) is 5.75 Å². The molecule has 9 nitrogen and oxygen atoms in total. The summed E-state index contributed by atoms with van der Waals surface area (Å²) in [6.45, 7) is 0.360. The van der Waals surface area contributed by atoms with Crippen LogP contribution in [0, 0.1) is 10.1 Å². The number of nitro groups is 1. The number of hydrogen-bond donors (Lipinski definition) is 2. The molecule has 0 bridgehead atoms. The lowest BCUT2D eigenvalue weighted by Crippen LogP contribution is -2.18. The predicted molar refractivity (Wildman–Crippen MR) is 115 cm³/mol. The molecule has 1 heterocycles. The highest BCUT2D eigenvalue weighted by atomic mass is 16.6. The van der Waals surface area contributed by atoms with Crippen molar-refractivity contribution in [3.63, 3.8) is 0 Å². The largest absolute Gasteiger partial charge is 0.507 e. The molecule has 1 aromatic heterocycles. The fourth-order valence-electron chi connectivity index (χ4n) is 3.11. The van der Waals surface area contributed by atoms with E-state index >= 15 is 0 Å². The molecule has 4 rings (SSSR count). The molecule has 0 saturated heterocycles. The van der Waals surface area contributed by atoms with Gasteiger partial charge in [-0.3, -0.25) is 19.6 Å². The number of non-ortho nitro benzene ring substituents is 1. The van der Waals surface area contributed by atoms with Gasteiger partial charge in [-0.25, -0.2) is 5.43 Å². The molecule has 0 aliphatic carbocycles. The summed E-state index contributed by atoms with van der Waals surface area (Å²) in [5.41, 5.74) is 3.90. The van der Waals surface area contributed by atoms with Crippen LogP contribution in [0.5, 0.6) is 5.75 Å². The van der Waals surface area contributed by atoms with E-state index in [4.69, 9.17) is 0 Å². The number of phenols is 1. The highest BCUT2D eigenvalue weighted by Crippen LogP contribution is 2.25. The van der Waals surface area contributed by atoms with Gasteiger partial charge in [0.2, 0.25) is 0 Å². The Morgan fingerprint density at radius 3 is 2.68 bits per heavy atom. The highest BCUT2D eigenvalue weighted by molar-refractivity contribution is 6.03. The summed E-state index contributed by atoms with van der Waals surface area (Å²) in [6, 6.07) is 18.6. The summed E-state index contributed by atoms with van der Waals surface area (Å²) in [6.07, 6.45) is 3.03. The molecule has 0 radical (unpaired) electrons. The van der Waals surface area contributed by atoms with Crippen molar-refractivity contribution >= 4 is 28.6 Å². The van der Waals surface area contributed by atoms with E-state index in [2.05, 4.69) is 15.6 Å². The zero-order valence-corrected chi connectivity index (χ0v) is 16.2. The number of aromatic nitrogens is 2. The van der Waals surface area contributed by atoms with E-state index in [1.165, 1.54) is 18.3 Å². The Kier molecular flexibility index (Phi) is 5.39. The van der Waals surface area contributed by atoms with Crippen LogP contribution in [0.1, 0.15) is 21.6 Å². The second kappa shape index (κ2) is 8.46. The Labute approximate surface area is 176 Å². The number of hydrogen-bond acceptors (Lipinski definition) is 6. The number of rotatable bonds is 6. The van der Waals surface area contributed by atoms with Gasteiger partial charge in [0.25, 0.3) is 11.6 Å². The number of aromatic hydroxyl groups is 1. The molecule has 0 saturated carbocycles. The lowest BCUT2D eigenvalue weighted by atomic mass is 10.0. The molecule has 0 aliphatic rings. The van der Waals surface area contributed by atoms with E-state index in [1.807, 2.05) is 24.3 Å². The topological polar surface area (TPSA) is 123 Å². The number of carbonyl (C=O) groups is 1. The first-order valence-corrected chi connectivity index (χ1v) is 9.32. The minimum atomic E-state index is -0.501. The second-order valence-corrected chi connectivity index (χ2v) is 6.74. The highest BCUT2D eigenvalue weighted by Gasteiger charge is 2.10. The van der Waals surface area contributed by atoms with Gasteiger partial charge in [-0.05, 0) is 28.5 Å². The van der Waals surface area contributed by atoms with E-state index in [1.54, 1.807) is 41.2 Å². The maximum absolute atomic E-state index is 12.3. The first-order valence-electron chi connectivity index (χ1n) is 9.32. The van der Waals surface area contributed by atoms with Gasteiger partial charge in [0.05, 0.1) is 17.7 Å². The number of nitrogens with zero attached hydrogens (tertiary/aromatic N) is 4. The monoisotopic (exact) mass is 415 g/mol. The molecule has 0 atom stereocenters. The number of benzene rings is 3. The molecule has 31 heavy (non-hydrogen) atoms. The first-order chi connectivity index (χ1) is 15.0. The van der Waals surface area contributed by atoms with Crippen LogP contribution in [-0.4, -0.2) is 31.9 Å². The Morgan fingerprint density at radius 1 is 1.13 bits per heavy atom. The molecule has 0 fully saturated rings. The van der Waals surface area contributed by atoms with Crippen LogP contribution < -0.4 is 5.43 Å². The average Bonchev–Trinajstić information content (AvgIpc) is 3.24. The van der Waals surface area contributed by atoms with Crippen molar-refractivity contribution in [1.82, 2.24) is 15.2 Å². The molecular formula is C22H17N5O4. The maximum atomic E-state index is 12.3. The maximum Gasteiger partial charge on any atom is 0.291 e. The van der Waals surface area contributed by atoms with Gasteiger partial charge in [-0.2, -0.15) is 10.2 Å². The third kappa shape index (κ3) is 4.40. The molecule has 4 aromatic rings. The first kappa shape index (κ1) is 19.8. The number of phenolic OH excluding ortho intramolecular Hbond substituents is 1. The summed E-state index contributed by atoms with van der Waals surface area (Å²) in [7, 11) is 0. The molecule has 0 aliphatic heterocycles. The van der Waals surface area contributed by atoms with Gasteiger partial charge in [-0.1, -0.05) is 42.5 Å². The quantitative estimate of drug-likeness (QED) is 0.284. The van der Waals surface area contributed by atoms with Crippen LogP contribution >= 0.6 is 0 Å². The molecule has 0 unspecified atom stereocenters. The number of hydrazone groups is 1. The summed E-state index contributed by atoms with van der Waals surface area (Å²) in [5, 5.41) is 30.8. The van der Waals surface area contributed by atoms with E-state index < -0.39 is 10.8 Å². The van der Waals surface area contributed by atoms with Gasteiger partial charge >= 0.3 is 0 Å². The number of nitro benzene ring substituents is 1. The Morgan fingerprint density at radius 2 is 1.90 bits per heavy atom. The summed E-state index contributed by atoms with van der Waals surface area (Å²) < 4.78 is 1.55. The molecule has 1 amide bonds. The van der Waals surface area contributed by atoms with Crippen molar-refractivity contribution in [3.05, 3.63) is 99.9 Å². The van der Waals surface area contributed by atoms with E-state index in [9.17, 15) is 20.0 Å². The minimum absolute atomic E-state index is 0.0133. The van der Waals surface area contributed by atoms with Gasteiger partial charge in [0.15, 0.2) is 5.69 Å². The van der Waals surface area contributed by atoms with Crippen molar-refractivity contribution < 1.29 is 14.8 Å². The van der Waals surface area contributed by atoms with Crippen LogP contribution in [-0.2, 0) is 6.54 Å². The average molecular weight is 415 g/mol. The fraction of sp³-hybridized carbons (Fsp3) is 0.0455. The number of fused-ring (bicyclic) bond motifs is 1. The SMILES string of the molecule is O=C(N/N=C\c1c(O)ccc2ccccc12)c1ccn(Cc2ccc([N+](=O)[O-])cc2)n1. The lowest BCUT2D eigenvalue weighted by molar-refractivity contribution is -0.384. The summed E-state index contributed by atoms with van der Waals surface area (Å²) in [4.78, 5) is 22.6. The Bertz CT molecular complexity index is 1300. The van der Waals surface area contributed by atoms with Crippen LogP contribution in [0.2, 0.25) is 0 Å². The molecule has 2 N–H and O–H groups in total. The van der Waals surface area contributed by atoms with Gasteiger partial charge in [0.1, 0.15) is 5.75 Å². The summed E-state index contributed by atoms with van der Waals surface area (Å²) in [5.74, 6) is -0.442. The van der Waals surface area contributed by atoms with Crippen LogP contribution in [0.4, 0.5) is 5.69 Å². The van der Waals surface area contributed by atoms with Crippen LogP contribution in [0.15, 0.2) is 78.0 Å². The molecular weight excluding hydrogens is 398 g/mol. The Hall–Kier alpha value is -4.53. The standard InChI is InChI=1S/C22H17N5O4/c28-21-10-7-16-3-1-2-4-18(16)19(21)13-23-24-22(29)20-11-12-26(25-20)14-15-5-8-17(9-6-15)27(30)31/h1-13,28H,14H2,(H,24,29)/b23-13-. The van der Waals surface area contributed by atoms with Crippen molar-refractivity contribution in [2.75, 3.05) is 0 Å². The molecule has 154 valence electrons. The zero-order valence-electron chi connectivity index (χ0n) is 16.2. The van der Waals surface area contributed by atoms with E-state index in [-0.39, 0.29) is 17.1 Å². The molecule has 3 aromatic carbocycles. The molecule has 9 heteroatoms. The smallest absolute Gasteiger partial charge is 0.291 e. The third-order valence-electron chi connectivity index (χ3n) is 4.67. The minimum Gasteiger partial charge on any atom is -0.507 e. The lowest BCUT2D eigenvalue weighted by Gasteiger charge is -2.04. The second-order valence-electron chi connectivity index (χ2n) is 6.74. The van der Waals surface area contributed by atoms with Crippen LogP contribution in [0.3, 0.4) is 0 Å². The third-order valence-corrected chi connectivity index (χ3v) is 4.67. The summed E-state index contributed by atoms with van der Waals surface area (Å²) >= 11 is 0. The fourth-order valence-corrected chi connectivity index (χ4v) is 3.11. The van der Waals surface area contributed by atoms with Gasteiger partial charge in [-0.15, -0.1) is 0 Å². The zero-order chi connectivity index (χ0) is 21.8. The van der Waals surface area contributed by atoms with Crippen LogP contribution in [0.25, 0.3) is 10.8 Å². The number of carbonyl (C=O) groups excluding carboxylic acids is 1. The Balaban J connectivity index is 1.43. The van der Waals surface area contributed by atoms with Crippen molar-refractivity contribution in [2.45, 2.75) is 6.54 Å². The van der Waals surface area contributed by atoms with Gasteiger partial charge in [0, 0.05) is 23.9 Å². The normalized spacial score (nSPS) is 11.1. The predicted octanol–water partition coefficient (Wildman–Crippen LogP) is 3.46. The number of nitrogens with one attached hydrogen (secondary N) is 1. The van der Waals surface area contributed by atoms with Crippen molar-refractivity contribution in [2.24, 2.45) is 5.10 Å².